The molecule has 1 fully saturated rings. The minimum Gasteiger partial charge on any atom is -0.337 e. The summed E-state index contributed by atoms with van der Waals surface area (Å²) in [5.41, 5.74) is 5.21. The first-order chi connectivity index (χ1) is 9.64. The predicted molar refractivity (Wildman–Crippen MR) is 78.3 cm³/mol. The van der Waals surface area contributed by atoms with Crippen molar-refractivity contribution >= 4 is 17.5 Å². The van der Waals surface area contributed by atoms with E-state index in [4.69, 9.17) is 17.3 Å². The fraction of sp³-hybridized carbons (Fsp3) is 0.533. The number of nitrogens with zero attached hydrogens (tertiary/aromatic N) is 1. The molecule has 1 aliphatic rings. The second-order valence-electron chi connectivity index (χ2n) is 6.20. The highest BCUT2D eigenvalue weighted by atomic mass is 35.5. The summed E-state index contributed by atoms with van der Waals surface area (Å²) in [5.74, 6) is -4.77. The zero-order valence-electron chi connectivity index (χ0n) is 12.1. The maximum atomic E-state index is 14.4. The molecule has 1 aromatic rings. The van der Waals surface area contributed by atoms with Crippen LogP contribution in [-0.4, -0.2) is 29.9 Å². The van der Waals surface area contributed by atoms with E-state index >= 15 is 0 Å². The summed E-state index contributed by atoms with van der Waals surface area (Å²) < 4.78 is 28.8. The quantitative estimate of drug-likeness (QED) is 0.911. The Hall–Kier alpha value is -1.20. The smallest absolute Gasteiger partial charge is 0.337 e. The molecule has 0 bridgehead atoms. The van der Waals surface area contributed by atoms with Crippen LogP contribution in [0.3, 0.4) is 0 Å². The van der Waals surface area contributed by atoms with E-state index in [2.05, 4.69) is 0 Å². The number of likely N-dealkylation sites (tertiary alicyclic amines) is 1. The van der Waals surface area contributed by atoms with Gasteiger partial charge in [-0.3, -0.25) is 4.79 Å². The molecule has 1 unspecified atom stereocenters. The number of benzene rings is 1. The summed E-state index contributed by atoms with van der Waals surface area (Å²) in [6, 6.07) is 5.15. The molecule has 3 nitrogen and oxygen atoms in total. The molecule has 1 atom stereocenters. The molecule has 0 aromatic heterocycles. The monoisotopic (exact) mass is 316 g/mol. The van der Waals surface area contributed by atoms with E-state index in [1.807, 2.05) is 13.8 Å². The molecule has 1 amide bonds. The highest BCUT2D eigenvalue weighted by Crippen LogP contribution is 2.35. The minimum absolute atomic E-state index is 0.0960. The second kappa shape index (κ2) is 5.54. The van der Waals surface area contributed by atoms with Crippen LogP contribution in [0.5, 0.6) is 0 Å². The lowest BCUT2D eigenvalue weighted by Crippen LogP contribution is -2.56. The van der Waals surface area contributed by atoms with E-state index in [9.17, 15) is 13.6 Å². The number of alkyl halides is 2. The van der Waals surface area contributed by atoms with Crippen LogP contribution in [0.25, 0.3) is 0 Å². The third-order valence-electron chi connectivity index (χ3n) is 4.06. The molecule has 116 valence electrons. The van der Waals surface area contributed by atoms with Gasteiger partial charge in [0.1, 0.15) is 0 Å². The van der Waals surface area contributed by atoms with Gasteiger partial charge in [0.15, 0.2) is 0 Å². The van der Waals surface area contributed by atoms with Crippen LogP contribution in [-0.2, 0) is 10.7 Å². The van der Waals surface area contributed by atoms with Crippen molar-refractivity contribution in [1.29, 1.82) is 0 Å². The summed E-state index contributed by atoms with van der Waals surface area (Å²) >= 11 is 5.73. The van der Waals surface area contributed by atoms with E-state index in [0.29, 0.717) is 6.42 Å². The van der Waals surface area contributed by atoms with Crippen LogP contribution < -0.4 is 5.73 Å². The number of carbonyl (C=O) groups excluding carboxylic acids is 1. The largest absolute Gasteiger partial charge is 0.350 e. The lowest BCUT2D eigenvalue weighted by Gasteiger charge is -2.43. The zero-order chi connectivity index (χ0) is 15.8. The van der Waals surface area contributed by atoms with Crippen LogP contribution in [0.2, 0.25) is 5.02 Å². The van der Waals surface area contributed by atoms with Crippen molar-refractivity contribution in [1.82, 2.24) is 4.90 Å². The molecule has 0 spiro atoms. The van der Waals surface area contributed by atoms with Gasteiger partial charge in [-0.15, -0.1) is 0 Å². The molecule has 21 heavy (non-hydrogen) atoms. The Morgan fingerprint density at radius 2 is 2.14 bits per heavy atom. The van der Waals surface area contributed by atoms with Gasteiger partial charge in [-0.05, 0) is 24.0 Å². The first-order valence-corrected chi connectivity index (χ1v) is 7.21. The van der Waals surface area contributed by atoms with Gasteiger partial charge in [0.2, 0.25) is 0 Å². The van der Waals surface area contributed by atoms with Crippen LogP contribution >= 0.6 is 11.6 Å². The van der Waals surface area contributed by atoms with Crippen molar-refractivity contribution in [2.75, 3.05) is 13.1 Å². The number of piperidine rings is 1. The van der Waals surface area contributed by atoms with Gasteiger partial charge >= 0.3 is 5.92 Å². The predicted octanol–water partition coefficient (Wildman–Crippen LogP) is 3.02. The molecule has 6 heteroatoms. The van der Waals surface area contributed by atoms with E-state index < -0.39 is 11.8 Å². The van der Waals surface area contributed by atoms with E-state index in [-0.39, 0.29) is 35.1 Å². The van der Waals surface area contributed by atoms with Crippen LogP contribution in [0.4, 0.5) is 8.78 Å². The molecular weight excluding hydrogens is 298 g/mol. The van der Waals surface area contributed by atoms with Gasteiger partial charge in [0.25, 0.3) is 5.91 Å². The first-order valence-electron chi connectivity index (χ1n) is 6.83. The number of rotatable bonds is 2. The molecule has 1 aromatic carbocycles. The van der Waals surface area contributed by atoms with E-state index in [1.54, 1.807) is 0 Å². The SMILES string of the molecule is CC1(C)CN(C(=O)C(F)(F)c2cccc(Cl)c2)CCC1N. The van der Waals surface area contributed by atoms with Gasteiger partial charge in [0.05, 0.1) is 0 Å². The number of amides is 1. The summed E-state index contributed by atoms with van der Waals surface area (Å²) in [5, 5.41) is 0.181. The molecule has 1 heterocycles. The highest BCUT2D eigenvalue weighted by molar-refractivity contribution is 6.30. The van der Waals surface area contributed by atoms with Crippen molar-refractivity contribution in [3.63, 3.8) is 0 Å². The Morgan fingerprint density at radius 1 is 1.48 bits per heavy atom. The Bertz CT molecular complexity index is 548. The van der Waals surface area contributed by atoms with Crippen LogP contribution in [0.1, 0.15) is 25.8 Å². The lowest BCUT2D eigenvalue weighted by molar-refractivity contribution is -0.162. The Labute approximate surface area is 128 Å². The fourth-order valence-corrected chi connectivity index (χ4v) is 2.74. The summed E-state index contributed by atoms with van der Waals surface area (Å²) in [4.78, 5) is 13.4. The summed E-state index contributed by atoms with van der Waals surface area (Å²) in [7, 11) is 0. The molecule has 0 saturated carbocycles. The molecule has 1 saturated heterocycles. The van der Waals surface area contributed by atoms with Crippen molar-refractivity contribution in [3.05, 3.63) is 34.9 Å². The van der Waals surface area contributed by atoms with Crippen LogP contribution in [0, 0.1) is 5.41 Å². The maximum Gasteiger partial charge on any atom is 0.350 e. The average molecular weight is 317 g/mol. The Morgan fingerprint density at radius 3 is 2.71 bits per heavy atom. The summed E-state index contributed by atoms with van der Waals surface area (Å²) in [6.07, 6.45) is 0.518. The van der Waals surface area contributed by atoms with Gasteiger partial charge in [0, 0.05) is 29.7 Å². The van der Waals surface area contributed by atoms with Gasteiger partial charge < -0.3 is 10.6 Å². The molecular formula is C15H19ClF2N2O. The number of halogens is 3. The third kappa shape index (κ3) is 3.19. The van der Waals surface area contributed by atoms with Gasteiger partial charge in [-0.25, -0.2) is 0 Å². The average Bonchev–Trinajstić information content (AvgIpc) is 2.41. The molecule has 2 rings (SSSR count). The lowest BCUT2D eigenvalue weighted by atomic mass is 9.79. The topological polar surface area (TPSA) is 46.3 Å². The number of hydrogen-bond donors (Lipinski definition) is 1. The molecule has 2 N–H and O–H groups in total. The fourth-order valence-electron chi connectivity index (χ4n) is 2.55. The Balaban J connectivity index is 2.23. The number of nitrogens with two attached hydrogens (primary N) is 1. The van der Waals surface area contributed by atoms with Crippen molar-refractivity contribution in [2.24, 2.45) is 11.1 Å². The van der Waals surface area contributed by atoms with Crippen molar-refractivity contribution in [2.45, 2.75) is 32.2 Å². The van der Waals surface area contributed by atoms with Gasteiger partial charge in [-0.1, -0.05) is 37.6 Å². The zero-order valence-corrected chi connectivity index (χ0v) is 12.8. The van der Waals surface area contributed by atoms with Gasteiger partial charge in [-0.2, -0.15) is 8.78 Å². The first kappa shape index (κ1) is 16.2. The van der Waals surface area contributed by atoms with Crippen LogP contribution in [0.15, 0.2) is 24.3 Å². The van der Waals surface area contributed by atoms with E-state index in [1.165, 1.54) is 23.1 Å². The number of carbonyl (C=O) groups is 1. The van der Waals surface area contributed by atoms with Crippen molar-refractivity contribution < 1.29 is 13.6 Å². The number of hydrogen-bond acceptors (Lipinski definition) is 2. The Kier molecular flexibility index (Phi) is 4.26. The third-order valence-corrected chi connectivity index (χ3v) is 4.29. The molecule has 1 aliphatic heterocycles. The van der Waals surface area contributed by atoms with Crippen molar-refractivity contribution in [3.8, 4) is 0 Å². The molecule has 0 aliphatic carbocycles. The molecule has 0 radical (unpaired) electrons. The maximum absolute atomic E-state index is 14.4. The second-order valence-corrected chi connectivity index (χ2v) is 6.63. The summed E-state index contributed by atoms with van der Waals surface area (Å²) in [6.45, 7) is 4.24. The minimum atomic E-state index is -3.58. The standard InChI is InChI=1S/C15H19ClF2N2O/c1-14(2)9-20(7-6-12(14)19)13(21)15(17,18)10-4-3-5-11(16)8-10/h3-5,8,12H,6-7,9,19H2,1-2H3. The van der Waals surface area contributed by atoms with E-state index in [0.717, 1.165) is 6.07 Å². The highest BCUT2D eigenvalue weighted by Gasteiger charge is 2.47. The normalized spacial score (nSPS) is 22.2.